The molecule has 0 atom stereocenters. The summed E-state index contributed by atoms with van der Waals surface area (Å²) in [6.45, 7) is 4.01. The van der Waals surface area contributed by atoms with E-state index in [1.807, 2.05) is 24.3 Å². The van der Waals surface area contributed by atoms with Gasteiger partial charge in [0.2, 0.25) is 0 Å². The van der Waals surface area contributed by atoms with Gasteiger partial charge in [0.15, 0.2) is 0 Å². The molecule has 2 N–H and O–H groups in total. The SMILES string of the molecule is C=CCOc1ccccc1C=CNC(=O)c1ccc(C=CC(=O)NN=O)cc1. The van der Waals surface area contributed by atoms with Crippen LogP contribution in [0.15, 0.2) is 78.7 Å². The Kier molecular flexibility index (Phi) is 7.89. The van der Waals surface area contributed by atoms with Gasteiger partial charge in [-0.15, -0.1) is 4.91 Å². The molecule has 0 aromatic heterocycles. The normalized spacial score (nSPS) is 10.6. The lowest BCUT2D eigenvalue weighted by Gasteiger charge is -2.06. The molecule has 28 heavy (non-hydrogen) atoms. The molecular formula is C21H19N3O4. The quantitative estimate of drug-likeness (QED) is 0.303. The van der Waals surface area contributed by atoms with E-state index in [0.29, 0.717) is 23.5 Å². The molecule has 0 aliphatic rings. The highest BCUT2D eigenvalue weighted by molar-refractivity contribution is 5.95. The van der Waals surface area contributed by atoms with Crippen LogP contribution in [0.4, 0.5) is 0 Å². The Balaban J connectivity index is 1.96. The van der Waals surface area contributed by atoms with Gasteiger partial charge in [0, 0.05) is 23.4 Å². The fraction of sp³-hybridized carbons (Fsp3) is 0.0476. The molecule has 0 spiro atoms. The van der Waals surface area contributed by atoms with Gasteiger partial charge in [0.25, 0.3) is 11.8 Å². The van der Waals surface area contributed by atoms with Crippen LogP contribution in [-0.4, -0.2) is 18.4 Å². The first kappa shape index (κ1) is 20.3. The minimum Gasteiger partial charge on any atom is -0.489 e. The van der Waals surface area contributed by atoms with E-state index in [1.54, 1.807) is 48.0 Å². The number of rotatable bonds is 9. The highest BCUT2D eigenvalue weighted by Crippen LogP contribution is 2.19. The number of hydrogen-bond acceptors (Lipinski definition) is 5. The van der Waals surface area contributed by atoms with Crippen molar-refractivity contribution in [2.45, 2.75) is 0 Å². The minimum atomic E-state index is -0.626. The van der Waals surface area contributed by atoms with E-state index >= 15 is 0 Å². The Morgan fingerprint density at radius 2 is 1.82 bits per heavy atom. The molecule has 0 bridgehead atoms. The van der Waals surface area contributed by atoms with Crippen LogP contribution in [0.3, 0.4) is 0 Å². The van der Waals surface area contributed by atoms with Gasteiger partial charge in [-0.05, 0) is 35.9 Å². The number of nitrogens with one attached hydrogen (secondary N) is 2. The van der Waals surface area contributed by atoms with Gasteiger partial charge < -0.3 is 10.1 Å². The zero-order chi connectivity index (χ0) is 20.2. The first-order chi connectivity index (χ1) is 13.6. The number of carbonyl (C=O) groups excluding carboxylic acids is 2. The van der Waals surface area contributed by atoms with E-state index in [0.717, 1.165) is 5.56 Å². The zero-order valence-corrected chi connectivity index (χ0v) is 15.0. The third-order valence-corrected chi connectivity index (χ3v) is 3.51. The van der Waals surface area contributed by atoms with Gasteiger partial charge >= 0.3 is 0 Å². The number of ether oxygens (including phenoxy) is 1. The molecule has 2 amide bonds. The predicted octanol–water partition coefficient (Wildman–Crippen LogP) is 3.46. The predicted molar refractivity (Wildman–Crippen MR) is 108 cm³/mol. The summed E-state index contributed by atoms with van der Waals surface area (Å²) in [5.74, 6) is -0.212. The van der Waals surface area contributed by atoms with Gasteiger partial charge in [-0.2, -0.15) is 0 Å². The van der Waals surface area contributed by atoms with Crippen molar-refractivity contribution in [1.29, 1.82) is 0 Å². The topological polar surface area (TPSA) is 96.9 Å². The maximum atomic E-state index is 12.2. The maximum absolute atomic E-state index is 12.2. The van der Waals surface area contributed by atoms with E-state index in [9.17, 15) is 14.5 Å². The summed E-state index contributed by atoms with van der Waals surface area (Å²) >= 11 is 0. The number of hydrogen-bond donors (Lipinski definition) is 2. The lowest BCUT2D eigenvalue weighted by atomic mass is 10.1. The monoisotopic (exact) mass is 377 g/mol. The first-order valence-corrected chi connectivity index (χ1v) is 8.34. The zero-order valence-electron chi connectivity index (χ0n) is 15.0. The van der Waals surface area contributed by atoms with E-state index < -0.39 is 5.91 Å². The Morgan fingerprint density at radius 1 is 1.07 bits per heavy atom. The van der Waals surface area contributed by atoms with Crippen molar-refractivity contribution in [3.8, 4) is 5.75 Å². The summed E-state index contributed by atoms with van der Waals surface area (Å²) in [6, 6.07) is 14.1. The average Bonchev–Trinajstić information content (AvgIpc) is 2.72. The van der Waals surface area contributed by atoms with Crippen LogP contribution in [0.1, 0.15) is 21.5 Å². The molecule has 0 heterocycles. The molecule has 2 aromatic rings. The second-order valence-corrected chi connectivity index (χ2v) is 5.47. The standard InChI is InChI=1S/C21H19N3O4/c1-2-15-28-19-6-4-3-5-17(19)13-14-22-21(26)18-10-7-16(8-11-18)9-12-20(25)23-24-27/h2-14H,1,15H2,(H,22,26)(H,23,25,27). The Hall–Kier alpha value is -4.00. The van der Waals surface area contributed by atoms with E-state index in [4.69, 9.17) is 4.74 Å². The summed E-state index contributed by atoms with van der Waals surface area (Å²) in [4.78, 5) is 33.3. The van der Waals surface area contributed by atoms with Crippen molar-refractivity contribution in [1.82, 2.24) is 10.7 Å². The van der Waals surface area contributed by atoms with Gasteiger partial charge in [-0.25, -0.2) is 5.43 Å². The van der Waals surface area contributed by atoms with Crippen LogP contribution < -0.4 is 15.5 Å². The number of nitroso groups, excluding NO2 is 1. The van der Waals surface area contributed by atoms with E-state index in [2.05, 4.69) is 17.2 Å². The summed E-state index contributed by atoms with van der Waals surface area (Å²) < 4.78 is 5.56. The summed E-state index contributed by atoms with van der Waals surface area (Å²) in [5, 5.41) is 4.98. The van der Waals surface area contributed by atoms with Crippen LogP contribution in [0.2, 0.25) is 0 Å². The molecule has 0 saturated carbocycles. The van der Waals surface area contributed by atoms with Gasteiger partial charge in [-0.1, -0.05) is 43.0 Å². The molecule has 0 saturated heterocycles. The molecule has 7 heteroatoms. The Bertz CT molecular complexity index is 902. The second-order valence-electron chi connectivity index (χ2n) is 5.47. The Morgan fingerprint density at radius 3 is 2.54 bits per heavy atom. The number of nitrogens with zero attached hydrogens (tertiary/aromatic N) is 1. The molecular weight excluding hydrogens is 358 g/mol. The average molecular weight is 377 g/mol. The molecule has 0 fully saturated rings. The largest absolute Gasteiger partial charge is 0.489 e. The highest BCUT2D eigenvalue weighted by atomic mass is 16.5. The van der Waals surface area contributed by atoms with Crippen LogP contribution in [0.25, 0.3) is 12.2 Å². The summed E-state index contributed by atoms with van der Waals surface area (Å²) in [7, 11) is 0. The Labute approximate surface area is 162 Å². The third-order valence-electron chi connectivity index (χ3n) is 3.51. The van der Waals surface area contributed by atoms with Crippen LogP contribution in [0.5, 0.6) is 5.75 Å². The lowest BCUT2D eigenvalue weighted by molar-refractivity contribution is -0.116. The minimum absolute atomic E-state index is 0.279. The lowest BCUT2D eigenvalue weighted by Crippen LogP contribution is -2.16. The van der Waals surface area contributed by atoms with Crippen LogP contribution in [-0.2, 0) is 4.79 Å². The van der Waals surface area contributed by atoms with E-state index in [1.165, 1.54) is 12.2 Å². The molecule has 142 valence electrons. The smallest absolute Gasteiger partial charge is 0.266 e. The molecule has 0 unspecified atom stereocenters. The van der Waals surface area contributed by atoms with Crippen molar-refractivity contribution in [2.24, 2.45) is 5.29 Å². The summed E-state index contributed by atoms with van der Waals surface area (Å²) in [5.41, 5.74) is 3.73. The van der Waals surface area contributed by atoms with Crippen LogP contribution >= 0.6 is 0 Å². The number of amides is 2. The highest BCUT2D eigenvalue weighted by Gasteiger charge is 2.03. The van der Waals surface area contributed by atoms with Crippen molar-refractivity contribution in [3.05, 3.63) is 95.1 Å². The van der Waals surface area contributed by atoms with Crippen molar-refractivity contribution in [2.75, 3.05) is 6.61 Å². The van der Waals surface area contributed by atoms with E-state index in [-0.39, 0.29) is 5.91 Å². The maximum Gasteiger partial charge on any atom is 0.266 e. The van der Waals surface area contributed by atoms with Gasteiger partial charge in [0.05, 0.1) is 5.29 Å². The second kappa shape index (κ2) is 10.9. The summed E-state index contributed by atoms with van der Waals surface area (Å²) in [6.07, 6.45) is 7.62. The molecule has 0 radical (unpaired) electrons. The molecule has 7 nitrogen and oxygen atoms in total. The number of benzene rings is 2. The third kappa shape index (κ3) is 6.38. The fourth-order valence-corrected chi connectivity index (χ4v) is 2.19. The van der Waals surface area contributed by atoms with Gasteiger partial charge in [-0.3, -0.25) is 9.59 Å². The first-order valence-electron chi connectivity index (χ1n) is 8.34. The van der Waals surface area contributed by atoms with Gasteiger partial charge in [0.1, 0.15) is 12.4 Å². The fourth-order valence-electron chi connectivity index (χ4n) is 2.19. The van der Waals surface area contributed by atoms with Crippen LogP contribution in [0, 0.1) is 4.91 Å². The van der Waals surface area contributed by atoms with Crippen molar-refractivity contribution < 1.29 is 14.3 Å². The molecule has 2 rings (SSSR count). The molecule has 0 aliphatic carbocycles. The number of para-hydroxylation sites is 1. The molecule has 2 aromatic carbocycles. The van der Waals surface area contributed by atoms with Crippen molar-refractivity contribution >= 4 is 24.0 Å². The number of carbonyl (C=O) groups is 2. The molecule has 0 aliphatic heterocycles. The van der Waals surface area contributed by atoms with Crippen molar-refractivity contribution in [3.63, 3.8) is 0 Å².